The number of hydrogen-bond acceptors (Lipinski definition) is 6. The van der Waals surface area contributed by atoms with Crippen LogP contribution >= 0.6 is 0 Å². The highest BCUT2D eigenvalue weighted by molar-refractivity contribution is 6.35. The van der Waals surface area contributed by atoms with Gasteiger partial charge in [0.1, 0.15) is 11.5 Å². The van der Waals surface area contributed by atoms with E-state index in [0.29, 0.717) is 43.4 Å². The molecule has 1 aliphatic heterocycles. The fourth-order valence-electron chi connectivity index (χ4n) is 2.46. The summed E-state index contributed by atoms with van der Waals surface area (Å²) in [7, 11) is 0. The summed E-state index contributed by atoms with van der Waals surface area (Å²) in [5.41, 5.74) is 2.87. The molecule has 1 aromatic rings. The van der Waals surface area contributed by atoms with Crippen molar-refractivity contribution in [3.63, 3.8) is 0 Å². The van der Waals surface area contributed by atoms with Crippen molar-refractivity contribution >= 4 is 18.0 Å². The SMILES string of the molecule is CCOc1ccc(/C=N\NC(=O)C(=O)NC[C@@H]2CCCO2)c(OCC)c1. The van der Waals surface area contributed by atoms with Crippen LogP contribution in [-0.2, 0) is 14.3 Å². The number of hydrogen-bond donors (Lipinski definition) is 2. The highest BCUT2D eigenvalue weighted by Crippen LogP contribution is 2.23. The molecule has 2 rings (SSSR count). The molecule has 0 aliphatic carbocycles. The second kappa shape index (κ2) is 10.4. The summed E-state index contributed by atoms with van der Waals surface area (Å²) in [5.74, 6) is -0.303. The van der Waals surface area contributed by atoms with Crippen LogP contribution in [0.15, 0.2) is 23.3 Å². The largest absolute Gasteiger partial charge is 0.494 e. The molecule has 8 nitrogen and oxygen atoms in total. The number of amides is 2. The lowest BCUT2D eigenvalue weighted by Gasteiger charge is -2.10. The molecule has 0 aromatic heterocycles. The van der Waals surface area contributed by atoms with Crippen LogP contribution in [0.2, 0.25) is 0 Å². The summed E-state index contributed by atoms with van der Waals surface area (Å²) in [5, 5.41) is 6.36. The van der Waals surface area contributed by atoms with Crippen molar-refractivity contribution in [2.24, 2.45) is 5.10 Å². The van der Waals surface area contributed by atoms with Gasteiger partial charge in [-0.05, 0) is 38.8 Å². The van der Waals surface area contributed by atoms with Crippen LogP contribution < -0.4 is 20.2 Å². The molecule has 1 fully saturated rings. The van der Waals surface area contributed by atoms with Crippen LogP contribution in [0.1, 0.15) is 32.3 Å². The van der Waals surface area contributed by atoms with Crippen LogP contribution in [-0.4, -0.2) is 50.5 Å². The molecule has 1 saturated heterocycles. The first-order chi connectivity index (χ1) is 12.6. The average molecular weight is 363 g/mol. The number of ether oxygens (including phenoxy) is 3. The second-order valence-electron chi connectivity index (χ2n) is 5.61. The minimum Gasteiger partial charge on any atom is -0.494 e. The van der Waals surface area contributed by atoms with Gasteiger partial charge in [0.05, 0.1) is 25.5 Å². The van der Waals surface area contributed by atoms with E-state index < -0.39 is 11.8 Å². The number of nitrogens with one attached hydrogen (secondary N) is 2. The Labute approximate surface area is 152 Å². The molecule has 1 heterocycles. The minimum atomic E-state index is -0.830. The lowest BCUT2D eigenvalue weighted by molar-refractivity contribution is -0.139. The molecule has 0 bridgehead atoms. The number of carbonyl (C=O) groups excluding carboxylic acids is 2. The van der Waals surface area contributed by atoms with E-state index in [1.165, 1.54) is 6.21 Å². The monoisotopic (exact) mass is 363 g/mol. The van der Waals surface area contributed by atoms with Crippen molar-refractivity contribution in [3.8, 4) is 11.5 Å². The minimum absolute atomic E-state index is 0.0205. The van der Waals surface area contributed by atoms with E-state index in [0.717, 1.165) is 12.8 Å². The molecule has 1 atom stereocenters. The molecule has 0 unspecified atom stereocenters. The molecular weight excluding hydrogens is 338 g/mol. The highest BCUT2D eigenvalue weighted by Gasteiger charge is 2.19. The van der Waals surface area contributed by atoms with Crippen molar-refractivity contribution in [2.75, 3.05) is 26.4 Å². The average Bonchev–Trinajstić information content (AvgIpc) is 3.15. The van der Waals surface area contributed by atoms with Gasteiger partial charge in [0.2, 0.25) is 0 Å². The van der Waals surface area contributed by atoms with E-state index in [1.807, 2.05) is 13.8 Å². The van der Waals surface area contributed by atoms with E-state index in [4.69, 9.17) is 14.2 Å². The van der Waals surface area contributed by atoms with Crippen LogP contribution in [0, 0.1) is 0 Å². The summed E-state index contributed by atoms with van der Waals surface area (Å²) in [4.78, 5) is 23.5. The van der Waals surface area contributed by atoms with Gasteiger partial charge in [-0.1, -0.05) is 0 Å². The third-order valence-corrected chi connectivity index (χ3v) is 3.69. The molecule has 142 valence electrons. The topological polar surface area (TPSA) is 98.2 Å². The third kappa shape index (κ3) is 6.03. The van der Waals surface area contributed by atoms with Gasteiger partial charge in [-0.2, -0.15) is 5.10 Å². The summed E-state index contributed by atoms with van der Waals surface area (Å²) in [6.45, 7) is 5.82. The quantitative estimate of drug-likeness (QED) is 0.411. The highest BCUT2D eigenvalue weighted by atomic mass is 16.5. The van der Waals surface area contributed by atoms with E-state index in [9.17, 15) is 9.59 Å². The van der Waals surface area contributed by atoms with Crippen LogP contribution in [0.3, 0.4) is 0 Å². The third-order valence-electron chi connectivity index (χ3n) is 3.69. The van der Waals surface area contributed by atoms with Gasteiger partial charge < -0.3 is 19.5 Å². The molecule has 8 heteroatoms. The lowest BCUT2D eigenvalue weighted by Crippen LogP contribution is -2.41. The molecule has 0 radical (unpaired) electrons. The van der Waals surface area contributed by atoms with Crippen molar-refractivity contribution in [1.29, 1.82) is 0 Å². The summed E-state index contributed by atoms with van der Waals surface area (Å²) < 4.78 is 16.4. The van der Waals surface area contributed by atoms with Crippen LogP contribution in [0.5, 0.6) is 11.5 Å². The summed E-state index contributed by atoms with van der Waals surface area (Å²) >= 11 is 0. The van der Waals surface area contributed by atoms with Gasteiger partial charge in [0.15, 0.2) is 0 Å². The van der Waals surface area contributed by atoms with E-state index in [2.05, 4.69) is 15.8 Å². The molecular formula is C18H25N3O5. The maximum atomic E-state index is 11.8. The van der Waals surface area contributed by atoms with E-state index >= 15 is 0 Å². The maximum Gasteiger partial charge on any atom is 0.329 e. The Bertz CT molecular complexity index is 642. The first kappa shape index (κ1) is 19.7. The number of rotatable bonds is 8. The number of hydrazone groups is 1. The smallest absolute Gasteiger partial charge is 0.329 e. The van der Waals surface area contributed by atoms with E-state index in [1.54, 1.807) is 18.2 Å². The Morgan fingerprint density at radius 3 is 2.77 bits per heavy atom. The standard InChI is InChI=1S/C18H25N3O5/c1-3-24-14-8-7-13(16(10-14)25-4-2)11-20-21-18(23)17(22)19-12-15-6-5-9-26-15/h7-8,10-11,15H,3-6,9,12H2,1-2H3,(H,19,22)(H,21,23)/b20-11-/t15-/m0/s1. The molecule has 0 saturated carbocycles. The Hall–Kier alpha value is -2.61. The van der Waals surface area contributed by atoms with Crippen molar-refractivity contribution in [2.45, 2.75) is 32.8 Å². The van der Waals surface area contributed by atoms with Gasteiger partial charge in [-0.3, -0.25) is 9.59 Å². The second-order valence-corrected chi connectivity index (χ2v) is 5.61. The Kier molecular flexibility index (Phi) is 7.88. The molecule has 26 heavy (non-hydrogen) atoms. The molecule has 0 spiro atoms. The normalized spacial score (nSPS) is 16.5. The van der Waals surface area contributed by atoms with E-state index in [-0.39, 0.29) is 6.10 Å². The fraction of sp³-hybridized carbons (Fsp3) is 0.500. The number of benzene rings is 1. The van der Waals surface area contributed by atoms with Crippen molar-refractivity contribution in [1.82, 2.24) is 10.7 Å². The zero-order chi connectivity index (χ0) is 18.8. The summed E-state index contributed by atoms with van der Waals surface area (Å²) in [6, 6.07) is 5.30. The Morgan fingerprint density at radius 1 is 1.27 bits per heavy atom. The zero-order valence-electron chi connectivity index (χ0n) is 15.1. The van der Waals surface area contributed by atoms with Gasteiger partial charge in [0.25, 0.3) is 0 Å². The first-order valence-corrected chi connectivity index (χ1v) is 8.76. The summed E-state index contributed by atoms with van der Waals surface area (Å²) in [6.07, 6.45) is 3.26. The van der Waals surface area contributed by atoms with Crippen LogP contribution in [0.25, 0.3) is 0 Å². The van der Waals surface area contributed by atoms with Crippen LogP contribution in [0.4, 0.5) is 0 Å². The predicted molar refractivity (Wildman–Crippen MR) is 96.5 cm³/mol. The lowest BCUT2D eigenvalue weighted by atomic mass is 10.2. The predicted octanol–water partition coefficient (Wildman–Crippen LogP) is 1.23. The molecule has 2 amide bonds. The van der Waals surface area contributed by atoms with Gasteiger partial charge >= 0.3 is 11.8 Å². The van der Waals surface area contributed by atoms with Gasteiger partial charge in [-0.15, -0.1) is 0 Å². The van der Waals surface area contributed by atoms with Crippen molar-refractivity contribution in [3.05, 3.63) is 23.8 Å². The van der Waals surface area contributed by atoms with Gasteiger partial charge in [0, 0.05) is 24.8 Å². The molecule has 1 aliphatic rings. The fourth-order valence-corrected chi connectivity index (χ4v) is 2.46. The molecule has 2 N–H and O–H groups in total. The first-order valence-electron chi connectivity index (χ1n) is 8.76. The zero-order valence-corrected chi connectivity index (χ0v) is 15.1. The number of carbonyl (C=O) groups is 2. The Morgan fingerprint density at radius 2 is 2.08 bits per heavy atom. The number of nitrogens with zero attached hydrogens (tertiary/aromatic N) is 1. The maximum absolute atomic E-state index is 11.8. The molecule has 1 aromatic carbocycles. The Balaban J connectivity index is 1.87. The van der Waals surface area contributed by atoms with Gasteiger partial charge in [-0.25, -0.2) is 5.43 Å². The van der Waals surface area contributed by atoms with Crippen molar-refractivity contribution < 1.29 is 23.8 Å².